The van der Waals surface area contributed by atoms with Gasteiger partial charge in [0, 0.05) is 12.7 Å². The van der Waals surface area contributed by atoms with E-state index in [1.54, 1.807) is 4.57 Å². The molecule has 0 N–H and O–H groups in total. The van der Waals surface area contributed by atoms with Gasteiger partial charge in [-0.05, 0) is 6.92 Å². The Bertz CT molecular complexity index is 441. The number of hydrogen-bond donors (Lipinski definition) is 0. The molecule has 1 rings (SSSR count). The summed E-state index contributed by atoms with van der Waals surface area (Å²) in [5, 5.41) is -0.238. The molecule has 0 amide bonds. The highest BCUT2D eigenvalue weighted by molar-refractivity contribution is 7.90. The van der Waals surface area contributed by atoms with E-state index in [9.17, 15) is 13.2 Å². The Kier molecular flexibility index (Phi) is 2.60. The number of sulfonamides is 1. The summed E-state index contributed by atoms with van der Waals surface area (Å²) in [5.41, 5.74) is 0. The second-order valence-electron chi connectivity index (χ2n) is 2.20. The van der Waals surface area contributed by atoms with Crippen LogP contribution in [0.15, 0.2) is 21.9 Å². The SMILES string of the molecule is CCn1cnc(S(=O)(=O)N=C=O)c1. The summed E-state index contributed by atoms with van der Waals surface area (Å²) in [6.45, 7) is 2.44. The average Bonchev–Trinajstić information content (AvgIpc) is 2.52. The van der Waals surface area contributed by atoms with Gasteiger partial charge in [0.25, 0.3) is 6.08 Å². The lowest BCUT2D eigenvalue weighted by Crippen LogP contribution is -1.96. The van der Waals surface area contributed by atoms with Crippen molar-refractivity contribution in [2.75, 3.05) is 0 Å². The van der Waals surface area contributed by atoms with Crippen molar-refractivity contribution in [2.24, 2.45) is 4.40 Å². The lowest BCUT2D eigenvalue weighted by atomic mass is 10.7. The maximum Gasteiger partial charge on any atom is 0.311 e. The molecule has 0 saturated carbocycles. The van der Waals surface area contributed by atoms with E-state index >= 15 is 0 Å². The molecule has 7 heteroatoms. The first-order valence-electron chi connectivity index (χ1n) is 3.46. The second kappa shape index (κ2) is 3.51. The van der Waals surface area contributed by atoms with Crippen LogP contribution in [0.3, 0.4) is 0 Å². The van der Waals surface area contributed by atoms with Crippen molar-refractivity contribution in [3.8, 4) is 0 Å². The van der Waals surface area contributed by atoms with E-state index in [1.165, 1.54) is 12.5 Å². The Morgan fingerprint density at radius 2 is 2.38 bits per heavy atom. The molecule has 13 heavy (non-hydrogen) atoms. The third-order valence-corrected chi connectivity index (χ3v) is 2.45. The van der Waals surface area contributed by atoms with Gasteiger partial charge in [-0.1, -0.05) is 4.40 Å². The number of hydrogen-bond acceptors (Lipinski definition) is 4. The van der Waals surface area contributed by atoms with Crippen LogP contribution in [0.4, 0.5) is 0 Å². The van der Waals surface area contributed by atoms with E-state index in [4.69, 9.17) is 0 Å². The lowest BCUT2D eigenvalue weighted by molar-refractivity contribution is 0.563. The summed E-state index contributed by atoms with van der Waals surface area (Å²) in [4.78, 5) is 13.3. The van der Waals surface area contributed by atoms with Crippen LogP contribution in [0.2, 0.25) is 0 Å². The predicted molar refractivity (Wildman–Crippen MR) is 43.2 cm³/mol. The summed E-state index contributed by atoms with van der Waals surface area (Å²) in [6, 6.07) is 0. The van der Waals surface area contributed by atoms with Crippen LogP contribution in [-0.4, -0.2) is 24.0 Å². The van der Waals surface area contributed by atoms with E-state index in [2.05, 4.69) is 9.38 Å². The van der Waals surface area contributed by atoms with Crippen molar-refractivity contribution in [3.05, 3.63) is 12.5 Å². The van der Waals surface area contributed by atoms with Gasteiger partial charge in [0.1, 0.15) is 0 Å². The molecule has 1 heterocycles. The highest BCUT2D eigenvalue weighted by Gasteiger charge is 2.15. The number of aromatic nitrogens is 2. The monoisotopic (exact) mass is 201 g/mol. The molecule has 0 aliphatic heterocycles. The summed E-state index contributed by atoms with van der Waals surface area (Å²) in [7, 11) is -3.93. The Morgan fingerprint density at radius 1 is 1.69 bits per heavy atom. The first kappa shape index (κ1) is 9.63. The van der Waals surface area contributed by atoms with E-state index in [0.717, 1.165) is 6.08 Å². The molecule has 0 radical (unpaired) electrons. The van der Waals surface area contributed by atoms with Crippen LogP contribution in [0.5, 0.6) is 0 Å². The zero-order valence-corrected chi connectivity index (χ0v) is 7.65. The Morgan fingerprint density at radius 3 is 2.85 bits per heavy atom. The molecule has 6 nitrogen and oxygen atoms in total. The fourth-order valence-corrected chi connectivity index (χ4v) is 1.38. The zero-order chi connectivity index (χ0) is 9.90. The van der Waals surface area contributed by atoms with Crippen LogP contribution in [0, 0.1) is 0 Å². The Balaban J connectivity index is 3.15. The van der Waals surface area contributed by atoms with E-state index in [0.29, 0.717) is 6.54 Å². The van der Waals surface area contributed by atoms with Gasteiger partial charge >= 0.3 is 10.0 Å². The fourth-order valence-electron chi connectivity index (χ4n) is 0.742. The van der Waals surface area contributed by atoms with Crippen molar-refractivity contribution < 1.29 is 13.2 Å². The Labute approximate surface area is 75.0 Å². The molecule has 0 unspecified atom stereocenters. The molecule has 0 saturated heterocycles. The zero-order valence-electron chi connectivity index (χ0n) is 6.84. The molecule has 0 aliphatic carbocycles. The van der Waals surface area contributed by atoms with Gasteiger partial charge in [-0.15, -0.1) is 0 Å². The second-order valence-corrected chi connectivity index (χ2v) is 3.75. The average molecular weight is 201 g/mol. The van der Waals surface area contributed by atoms with Crippen molar-refractivity contribution in [1.29, 1.82) is 0 Å². The molecule has 70 valence electrons. The van der Waals surface area contributed by atoms with Gasteiger partial charge in [0.2, 0.25) is 0 Å². The lowest BCUT2D eigenvalue weighted by Gasteiger charge is -1.90. The number of carbonyl (C=O) groups excluding carboxylic acids is 1. The molecule has 1 aromatic rings. The quantitative estimate of drug-likeness (QED) is 0.506. The topological polar surface area (TPSA) is 81.4 Å². The van der Waals surface area contributed by atoms with Crippen LogP contribution >= 0.6 is 0 Å². The molecular formula is C6H7N3O3S. The first-order valence-corrected chi connectivity index (χ1v) is 4.90. The van der Waals surface area contributed by atoms with Crippen molar-refractivity contribution >= 4 is 16.1 Å². The van der Waals surface area contributed by atoms with Gasteiger partial charge in [-0.3, -0.25) is 0 Å². The molecule has 0 aliphatic rings. The highest BCUT2D eigenvalue weighted by Crippen LogP contribution is 2.07. The van der Waals surface area contributed by atoms with Gasteiger partial charge < -0.3 is 4.57 Å². The molecule has 0 bridgehead atoms. The molecule has 0 spiro atoms. The van der Waals surface area contributed by atoms with Crippen LogP contribution in [0.25, 0.3) is 0 Å². The van der Waals surface area contributed by atoms with Crippen LogP contribution in [-0.2, 0) is 21.4 Å². The van der Waals surface area contributed by atoms with Gasteiger partial charge in [0.15, 0.2) is 5.03 Å². The number of imidazole rings is 1. The first-order chi connectivity index (χ1) is 6.10. The Hall–Kier alpha value is -1.46. The van der Waals surface area contributed by atoms with E-state index in [1.807, 2.05) is 6.92 Å². The summed E-state index contributed by atoms with van der Waals surface area (Å²) in [6.07, 6.45) is 3.63. The standard InChI is InChI=1S/C6H7N3O3S/c1-2-9-3-6(7-4-9)13(11,12)8-5-10/h3-4H,2H2,1H3. The van der Waals surface area contributed by atoms with Crippen molar-refractivity contribution in [2.45, 2.75) is 18.5 Å². The van der Waals surface area contributed by atoms with E-state index < -0.39 is 10.0 Å². The third kappa shape index (κ3) is 2.01. The largest absolute Gasteiger partial charge is 0.336 e. The maximum absolute atomic E-state index is 11.1. The van der Waals surface area contributed by atoms with Crippen LogP contribution in [0.1, 0.15) is 6.92 Å². The molecule has 0 atom stereocenters. The molecule has 0 fully saturated rings. The van der Waals surface area contributed by atoms with Crippen molar-refractivity contribution in [3.63, 3.8) is 0 Å². The molecule has 1 aromatic heterocycles. The number of isocyanates is 1. The molecular weight excluding hydrogens is 194 g/mol. The minimum atomic E-state index is -3.93. The molecule has 0 aromatic carbocycles. The minimum absolute atomic E-state index is 0.238. The smallest absolute Gasteiger partial charge is 0.311 e. The third-order valence-electron chi connectivity index (χ3n) is 1.40. The number of rotatable bonds is 3. The summed E-state index contributed by atoms with van der Waals surface area (Å²) < 4.78 is 26.3. The summed E-state index contributed by atoms with van der Waals surface area (Å²) >= 11 is 0. The highest BCUT2D eigenvalue weighted by atomic mass is 32.2. The van der Waals surface area contributed by atoms with Gasteiger partial charge in [-0.25, -0.2) is 9.78 Å². The van der Waals surface area contributed by atoms with Gasteiger partial charge in [-0.2, -0.15) is 8.42 Å². The normalized spacial score (nSPS) is 10.8. The predicted octanol–water partition coefficient (Wildman–Crippen LogP) is -0.0725. The van der Waals surface area contributed by atoms with Crippen molar-refractivity contribution in [1.82, 2.24) is 9.55 Å². The van der Waals surface area contributed by atoms with Crippen LogP contribution < -0.4 is 0 Å². The summed E-state index contributed by atoms with van der Waals surface area (Å²) in [5.74, 6) is 0. The van der Waals surface area contributed by atoms with E-state index in [-0.39, 0.29) is 5.03 Å². The minimum Gasteiger partial charge on any atom is -0.336 e. The van der Waals surface area contributed by atoms with Gasteiger partial charge in [0.05, 0.1) is 6.33 Å². The number of nitrogens with zero attached hydrogens (tertiary/aromatic N) is 3. The maximum atomic E-state index is 11.1. The number of aryl methyl sites for hydroxylation is 1. The fraction of sp³-hybridized carbons (Fsp3) is 0.333.